The van der Waals surface area contributed by atoms with Crippen LogP contribution in [-0.2, 0) is 11.2 Å². The van der Waals surface area contributed by atoms with Gasteiger partial charge in [0.25, 0.3) is 0 Å². The molecule has 20 heavy (non-hydrogen) atoms. The Morgan fingerprint density at radius 3 is 2.35 bits per heavy atom. The van der Waals surface area contributed by atoms with Gasteiger partial charge in [0, 0.05) is 13.5 Å². The molecule has 0 aliphatic carbocycles. The van der Waals surface area contributed by atoms with Crippen LogP contribution in [0.3, 0.4) is 0 Å². The maximum absolute atomic E-state index is 13.4. The highest BCUT2D eigenvalue weighted by molar-refractivity contribution is 5.27. The van der Waals surface area contributed by atoms with Crippen molar-refractivity contribution in [3.8, 4) is 0 Å². The predicted octanol–water partition coefficient (Wildman–Crippen LogP) is 4.76. The molecule has 0 spiro atoms. The van der Waals surface area contributed by atoms with Gasteiger partial charge in [0.15, 0.2) is 0 Å². The van der Waals surface area contributed by atoms with Gasteiger partial charge in [0.1, 0.15) is 5.82 Å². The molecule has 0 N–H and O–H groups in total. The lowest BCUT2D eigenvalue weighted by Gasteiger charge is -2.22. The third-order valence-electron chi connectivity index (χ3n) is 2.95. The number of ether oxygens (including phenoxy) is 1. The molecule has 0 saturated heterocycles. The Bertz CT molecular complexity index is 434. The summed E-state index contributed by atoms with van der Waals surface area (Å²) in [5, 5.41) is 0. The molecule has 0 saturated carbocycles. The number of rotatable bonds is 7. The molecule has 1 atom stereocenters. The second-order valence-electron chi connectivity index (χ2n) is 4.63. The first-order chi connectivity index (χ1) is 9.30. The van der Waals surface area contributed by atoms with Gasteiger partial charge < -0.3 is 4.74 Å². The fourth-order valence-electron chi connectivity index (χ4n) is 1.97. The molecule has 0 fully saturated rings. The lowest BCUT2D eigenvalue weighted by atomic mass is 9.99. The summed E-state index contributed by atoms with van der Waals surface area (Å²) >= 11 is 0. The number of benzene rings is 1. The zero-order valence-electron chi connectivity index (χ0n) is 11.3. The van der Waals surface area contributed by atoms with Crippen molar-refractivity contribution in [1.29, 1.82) is 0 Å². The number of halogens is 5. The second-order valence-corrected chi connectivity index (χ2v) is 4.63. The molecule has 6 heteroatoms. The zero-order valence-corrected chi connectivity index (χ0v) is 11.3. The van der Waals surface area contributed by atoms with Crippen LogP contribution in [0.25, 0.3) is 0 Å². The van der Waals surface area contributed by atoms with Crippen LogP contribution in [0.1, 0.15) is 37.0 Å². The van der Waals surface area contributed by atoms with Crippen LogP contribution in [0, 0.1) is 5.82 Å². The molecule has 1 nitrogen and oxygen atoms in total. The number of hydrogen-bond donors (Lipinski definition) is 0. The van der Waals surface area contributed by atoms with Crippen molar-refractivity contribution in [1.82, 2.24) is 0 Å². The van der Waals surface area contributed by atoms with Crippen molar-refractivity contribution in [3.63, 3.8) is 0 Å². The van der Waals surface area contributed by atoms with E-state index in [1.54, 1.807) is 0 Å². The first-order valence-electron chi connectivity index (χ1n) is 6.28. The van der Waals surface area contributed by atoms with Gasteiger partial charge in [0.2, 0.25) is 0 Å². The molecule has 0 bridgehead atoms. The second kappa shape index (κ2) is 7.02. The van der Waals surface area contributed by atoms with Crippen molar-refractivity contribution in [2.24, 2.45) is 0 Å². The van der Waals surface area contributed by atoms with Crippen molar-refractivity contribution in [3.05, 3.63) is 35.1 Å². The lowest BCUT2D eigenvalue weighted by Crippen LogP contribution is -2.29. The van der Waals surface area contributed by atoms with E-state index in [1.807, 2.05) is 6.92 Å². The van der Waals surface area contributed by atoms with Gasteiger partial charge >= 0.3 is 12.3 Å². The maximum atomic E-state index is 13.4. The van der Waals surface area contributed by atoms with Gasteiger partial charge in [-0.05, 0) is 29.7 Å². The minimum atomic E-state index is -4.17. The Morgan fingerprint density at radius 2 is 1.85 bits per heavy atom. The van der Waals surface area contributed by atoms with E-state index in [-0.39, 0.29) is 5.56 Å². The van der Waals surface area contributed by atoms with Gasteiger partial charge in [-0.25, -0.2) is 22.0 Å². The highest BCUT2D eigenvalue weighted by Crippen LogP contribution is 2.35. The summed E-state index contributed by atoms with van der Waals surface area (Å²) in [5.74, 6) is -4.76. The average Bonchev–Trinajstić information content (AvgIpc) is 2.35. The van der Waals surface area contributed by atoms with Gasteiger partial charge in [-0.1, -0.05) is 19.4 Å². The summed E-state index contributed by atoms with van der Waals surface area (Å²) in [5.41, 5.74) is 0.779. The van der Waals surface area contributed by atoms with Crippen LogP contribution < -0.4 is 0 Å². The standard InChI is InChI=1S/C14H17F5O/c1-3-4-9-5-10(7-11(15)6-9)12(20-2)8-14(18,19)13(16)17/h5-7,12-13H,3-4,8H2,1-2H3. The molecule has 0 aliphatic rings. The van der Waals surface area contributed by atoms with Crippen molar-refractivity contribution >= 4 is 0 Å². The highest BCUT2D eigenvalue weighted by atomic mass is 19.3. The van der Waals surface area contributed by atoms with E-state index in [0.29, 0.717) is 12.0 Å². The monoisotopic (exact) mass is 296 g/mol. The Hall–Kier alpha value is -1.17. The third kappa shape index (κ3) is 4.44. The molecule has 114 valence electrons. The zero-order chi connectivity index (χ0) is 15.3. The molecular formula is C14H17F5O. The van der Waals surface area contributed by atoms with Crippen LogP contribution in [0.5, 0.6) is 0 Å². The predicted molar refractivity (Wildman–Crippen MR) is 65.7 cm³/mol. The Morgan fingerprint density at radius 1 is 1.20 bits per heavy atom. The fraction of sp³-hybridized carbons (Fsp3) is 0.571. The Balaban J connectivity index is 3.00. The molecule has 1 rings (SSSR count). The topological polar surface area (TPSA) is 9.23 Å². The fourth-order valence-corrected chi connectivity index (χ4v) is 1.97. The van der Waals surface area contributed by atoms with Crippen LogP contribution in [0.15, 0.2) is 18.2 Å². The lowest BCUT2D eigenvalue weighted by molar-refractivity contribution is -0.152. The van der Waals surface area contributed by atoms with Crippen molar-refractivity contribution < 1.29 is 26.7 Å². The smallest absolute Gasteiger partial charge is 0.310 e. The quantitative estimate of drug-likeness (QED) is 0.659. The van der Waals surface area contributed by atoms with Crippen LogP contribution in [0.4, 0.5) is 22.0 Å². The normalized spacial score (nSPS) is 13.8. The molecule has 1 aromatic rings. The van der Waals surface area contributed by atoms with Gasteiger partial charge in [-0.3, -0.25) is 0 Å². The molecule has 0 aliphatic heterocycles. The van der Waals surface area contributed by atoms with Crippen molar-refractivity contribution in [2.75, 3.05) is 7.11 Å². The van der Waals surface area contributed by atoms with Gasteiger partial charge in [-0.15, -0.1) is 0 Å². The number of hydrogen-bond acceptors (Lipinski definition) is 1. The van der Waals surface area contributed by atoms with Crippen LogP contribution in [0.2, 0.25) is 0 Å². The number of methoxy groups -OCH3 is 1. The summed E-state index contributed by atoms with van der Waals surface area (Å²) in [6, 6.07) is 3.85. The number of aryl methyl sites for hydroxylation is 1. The number of alkyl halides is 4. The van der Waals surface area contributed by atoms with E-state index in [4.69, 9.17) is 4.74 Å². The van der Waals surface area contributed by atoms with E-state index >= 15 is 0 Å². The summed E-state index contributed by atoms with van der Waals surface area (Å²) < 4.78 is 68.9. The van der Waals surface area contributed by atoms with Crippen LogP contribution in [-0.4, -0.2) is 19.5 Å². The molecule has 0 heterocycles. The van der Waals surface area contributed by atoms with Crippen LogP contribution >= 0.6 is 0 Å². The van der Waals surface area contributed by atoms with E-state index in [0.717, 1.165) is 19.6 Å². The van der Waals surface area contributed by atoms with Crippen molar-refractivity contribution in [2.45, 2.75) is 44.6 Å². The summed E-state index contributed by atoms with van der Waals surface area (Å²) in [4.78, 5) is 0. The van der Waals surface area contributed by atoms with E-state index in [1.165, 1.54) is 12.1 Å². The molecular weight excluding hydrogens is 279 g/mol. The minimum absolute atomic E-state index is 0.149. The molecule has 0 amide bonds. The molecule has 1 aromatic carbocycles. The highest BCUT2D eigenvalue weighted by Gasteiger charge is 2.43. The van der Waals surface area contributed by atoms with Gasteiger partial charge in [0.05, 0.1) is 6.10 Å². The van der Waals surface area contributed by atoms with E-state index in [2.05, 4.69) is 0 Å². The first-order valence-corrected chi connectivity index (χ1v) is 6.28. The average molecular weight is 296 g/mol. The largest absolute Gasteiger partial charge is 0.377 e. The Labute approximate surface area is 114 Å². The van der Waals surface area contributed by atoms with E-state index < -0.39 is 30.7 Å². The summed E-state index contributed by atoms with van der Waals surface area (Å²) in [7, 11) is 1.14. The maximum Gasteiger partial charge on any atom is 0.310 e. The third-order valence-corrected chi connectivity index (χ3v) is 2.95. The molecule has 0 radical (unpaired) electrons. The molecule has 1 unspecified atom stereocenters. The summed E-state index contributed by atoms with van der Waals surface area (Å²) in [6.45, 7) is 1.89. The SMILES string of the molecule is CCCc1cc(F)cc(C(CC(F)(F)C(F)F)OC)c1. The van der Waals surface area contributed by atoms with E-state index in [9.17, 15) is 22.0 Å². The van der Waals surface area contributed by atoms with Gasteiger partial charge in [-0.2, -0.15) is 0 Å². The summed E-state index contributed by atoms with van der Waals surface area (Å²) in [6.07, 6.45) is -4.90. The Kier molecular flexibility index (Phi) is 5.92. The first kappa shape index (κ1) is 16.9. The minimum Gasteiger partial charge on any atom is -0.377 e. The molecule has 0 aromatic heterocycles.